The zero-order valence-electron chi connectivity index (χ0n) is 14.6. The number of hydrogen-bond acceptors (Lipinski definition) is 3. The van der Waals surface area contributed by atoms with Crippen molar-refractivity contribution in [2.75, 3.05) is 12.4 Å². The van der Waals surface area contributed by atoms with Gasteiger partial charge in [-0.1, -0.05) is 41.9 Å². The van der Waals surface area contributed by atoms with E-state index in [9.17, 15) is 9.59 Å². The number of carbonyl (C=O) groups excluding carboxylic acids is 2. The van der Waals surface area contributed by atoms with Crippen LogP contribution in [0.5, 0.6) is 0 Å². The molecule has 6 heteroatoms. The van der Waals surface area contributed by atoms with Crippen LogP contribution in [-0.2, 0) is 4.79 Å². The van der Waals surface area contributed by atoms with Crippen molar-refractivity contribution in [2.45, 2.75) is 12.0 Å². The van der Waals surface area contributed by atoms with Gasteiger partial charge in [0.05, 0.1) is 12.0 Å². The molecule has 0 aliphatic carbocycles. The topological polar surface area (TPSA) is 49.4 Å². The maximum absolute atomic E-state index is 13.3. The SMILES string of the molecule is CN1C(=O)c2ccccc2[C@H](C(=O)Nc2cccc(Cl)c2)[C@H]1c1cccs1. The summed E-state index contributed by atoms with van der Waals surface area (Å²) < 4.78 is 0. The lowest BCUT2D eigenvalue weighted by atomic mass is 9.81. The fraction of sp³-hybridized carbons (Fsp3) is 0.143. The van der Waals surface area contributed by atoms with Gasteiger partial charge in [0.1, 0.15) is 0 Å². The summed E-state index contributed by atoms with van der Waals surface area (Å²) in [5.74, 6) is -0.750. The number of amides is 2. The fourth-order valence-electron chi connectivity index (χ4n) is 3.56. The molecule has 0 radical (unpaired) electrons. The lowest BCUT2D eigenvalue weighted by Crippen LogP contribution is -2.43. The summed E-state index contributed by atoms with van der Waals surface area (Å²) in [6.45, 7) is 0. The first-order chi connectivity index (χ1) is 13.1. The first-order valence-electron chi connectivity index (χ1n) is 8.52. The lowest BCUT2D eigenvalue weighted by molar-refractivity contribution is -0.119. The Bertz CT molecular complexity index is 1000. The molecule has 2 heterocycles. The van der Waals surface area contributed by atoms with Crippen molar-refractivity contribution >= 4 is 40.4 Å². The predicted octanol–water partition coefficient (Wildman–Crippen LogP) is 4.95. The van der Waals surface area contributed by atoms with Crippen molar-refractivity contribution in [3.8, 4) is 0 Å². The quantitative estimate of drug-likeness (QED) is 0.680. The standard InChI is InChI=1S/C21H17ClN2O2S/c1-24-19(17-10-5-11-27-17)18(15-8-2-3-9-16(15)21(24)26)20(25)23-14-7-4-6-13(22)12-14/h2-12,18-19H,1H3,(H,23,25)/t18-,19+/m0/s1. The number of thiophene rings is 1. The Morgan fingerprint density at radius 1 is 1.11 bits per heavy atom. The molecule has 1 aliphatic heterocycles. The first kappa shape index (κ1) is 17.8. The monoisotopic (exact) mass is 396 g/mol. The predicted molar refractivity (Wildman–Crippen MR) is 108 cm³/mol. The van der Waals surface area contributed by atoms with Gasteiger partial charge in [-0.3, -0.25) is 9.59 Å². The van der Waals surface area contributed by atoms with Crippen molar-refractivity contribution in [3.05, 3.63) is 87.1 Å². The smallest absolute Gasteiger partial charge is 0.254 e. The van der Waals surface area contributed by atoms with Crippen molar-refractivity contribution in [1.82, 2.24) is 4.90 Å². The van der Waals surface area contributed by atoms with E-state index in [1.54, 1.807) is 53.6 Å². The van der Waals surface area contributed by atoms with Crippen LogP contribution >= 0.6 is 22.9 Å². The van der Waals surface area contributed by atoms with Crippen LogP contribution in [0.1, 0.15) is 32.8 Å². The largest absolute Gasteiger partial charge is 0.333 e. The molecule has 3 aromatic rings. The van der Waals surface area contributed by atoms with Crippen LogP contribution in [0.2, 0.25) is 5.02 Å². The molecule has 2 aromatic carbocycles. The minimum absolute atomic E-state index is 0.0733. The maximum Gasteiger partial charge on any atom is 0.254 e. The number of nitrogens with one attached hydrogen (secondary N) is 1. The van der Waals surface area contributed by atoms with Crippen LogP contribution in [0.3, 0.4) is 0 Å². The molecule has 4 rings (SSSR count). The average molecular weight is 397 g/mol. The summed E-state index contributed by atoms with van der Waals surface area (Å²) in [4.78, 5) is 28.8. The summed E-state index contributed by atoms with van der Waals surface area (Å²) in [6, 6.07) is 17.9. The van der Waals surface area contributed by atoms with Crippen molar-refractivity contribution in [1.29, 1.82) is 0 Å². The Labute approximate surface area is 166 Å². The second-order valence-electron chi connectivity index (χ2n) is 6.44. The Morgan fingerprint density at radius 2 is 1.93 bits per heavy atom. The van der Waals surface area contributed by atoms with Gasteiger partial charge in [-0.15, -0.1) is 11.3 Å². The molecule has 0 saturated heterocycles. The number of halogens is 1. The Hall–Kier alpha value is -2.63. The van der Waals surface area contributed by atoms with Gasteiger partial charge >= 0.3 is 0 Å². The van der Waals surface area contributed by atoms with Crippen molar-refractivity contribution < 1.29 is 9.59 Å². The zero-order valence-corrected chi connectivity index (χ0v) is 16.1. The van der Waals surface area contributed by atoms with Gasteiger partial charge in [0.15, 0.2) is 0 Å². The molecule has 0 saturated carbocycles. The van der Waals surface area contributed by atoms with Gasteiger partial charge in [0.25, 0.3) is 5.91 Å². The molecule has 27 heavy (non-hydrogen) atoms. The van der Waals surface area contributed by atoms with Crippen LogP contribution in [0.4, 0.5) is 5.69 Å². The molecule has 1 aliphatic rings. The summed E-state index contributed by atoms with van der Waals surface area (Å²) in [5.41, 5.74) is 1.95. The van der Waals surface area contributed by atoms with E-state index in [-0.39, 0.29) is 17.9 Å². The Balaban J connectivity index is 1.79. The third-order valence-corrected chi connectivity index (χ3v) is 5.97. The molecule has 4 nitrogen and oxygen atoms in total. The Kier molecular flexibility index (Phi) is 4.72. The fourth-order valence-corrected chi connectivity index (χ4v) is 4.65. The number of anilines is 1. The highest BCUT2D eigenvalue weighted by atomic mass is 35.5. The summed E-state index contributed by atoms with van der Waals surface area (Å²) >= 11 is 7.59. The molecule has 0 spiro atoms. The highest BCUT2D eigenvalue weighted by molar-refractivity contribution is 7.10. The zero-order chi connectivity index (χ0) is 19.0. The molecule has 1 N–H and O–H groups in total. The molecular weight excluding hydrogens is 380 g/mol. The van der Waals surface area contributed by atoms with Crippen LogP contribution in [0.15, 0.2) is 66.0 Å². The van der Waals surface area contributed by atoms with E-state index in [0.717, 1.165) is 10.4 Å². The molecule has 0 unspecified atom stereocenters. The Morgan fingerprint density at radius 3 is 2.67 bits per heavy atom. The average Bonchev–Trinajstić information content (AvgIpc) is 3.18. The summed E-state index contributed by atoms with van der Waals surface area (Å²) in [5, 5.41) is 5.48. The van der Waals surface area contributed by atoms with Gasteiger partial charge in [-0.25, -0.2) is 0 Å². The molecule has 136 valence electrons. The van der Waals surface area contributed by atoms with Crippen LogP contribution < -0.4 is 5.32 Å². The van der Waals surface area contributed by atoms with E-state index in [1.165, 1.54) is 0 Å². The third kappa shape index (κ3) is 3.24. The van der Waals surface area contributed by atoms with Crippen LogP contribution in [0.25, 0.3) is 0 Å². The van der Waals surface area contributed by atoms with E-state index in [2.05, 4.69) is 5.32 Å². The number of benzene rings is 2. The van der Waals surface area contributed by atoms with Crippen LogP contribution in [0, 0.1) is 0 Å². The molecule has 0 bridgehead atoms. The number of carbonyl (C=O) groups is 2. The highest BCUT2D eigenvalue weighted by Gasteiger charge is 2.43. The van der Waals surface area contributed by atoms with E-state index in [1.807, 2.05) is 35.7 Å². The summed E-state index contributed by atoms with van der Waals surface area (Å²) in [7, 11) is 1.75. The molecule has 2 atom stereocenters. The molecule has 2 amide bonds. The van der Waals surface area contributed by atoms with Gasteiger partial charge in [0.2, 0.25) is 5.91 Å². The normalized spacial score (nSPS) is 18.9. The van der Waals surface area contributed by atoms with Crippen LogP contribution in [-0.4, -0.2) is 23.8 Å². The number of rotatable bonds is 3. The van der Waals surface area contributed by atoms with E-state index >= 15 is 0 Å². The van der Waals surface area contributed by atoms with Crippen molar-refractivity contribution in [3.63, 3.8) is 0 Å². The molecular formula is C21H17ClN2O2S. The number of likely N-dealkylation sites (N-methyl/N-ethyl adjacent to an activating group) is 1. The van der Waals surface area contributed by atoms with E-state index < -0.39 is 5.92 Å². The molecule has 1 aromatic heterocycles. The molecule has 0 fully saturated rings. The van der Waals surface area contributed by atoms with Gasteiger partial charge in [-0.05, 0) is 41.3 Å². The lowest BCUT2D eigenvalue weighted by Gasteiger charge is -2.39. The number of fused-ring (bicyclic) bond motifs is 1. The van der Waals surface area contributed by atoms with E-state index in [0.29, 0.717) is 16.3 Å². The van der Waals surface area contributed by atoms with Gasteiger partial charge in [0, 0.05) is 28.2 Å². The number of nitrogens with zero attached hydrogens (tertiary/aromatic N) is 1. The second-order valence-corrected chi connectivity index (χ2v) is 7.86. The van der Waals surface area contributed by atoms with Crippen molar-refractivity contribution in [2.24, 2.45) is 0 Å². The van der Waals surface area contributed by atoms with Gasteiger partial charge in [-0.2, -0.15) is 0 Å². The second kappa shape index (κ2) is 7.18. The highest BCUT2D eigenvalue weighted by Crippen LogP contribution is 2.43. The third-order valence-electron chi connectivity index (χ3n) is 4.79. The summed E-state index contributed by atoms with van der Waals surface area (Å²) in [6.07, 6.45) is 0. The number of hydrogen-bond donors (Lipinski definition) is 1. The minimum atomic E-state index is -0.512. The first-order valence-corrected chi connectivity index (χ1v) is 9.78. The van der Waals surface area contributed by atoms with Gasteiger partial charge < -0.3 is 10.2 Å². The minimum Gasteiger partial charge on any atom is -0.333 e. The van der Waals surface area contributed by atoms with E-state index in [4.69, 9.17) is 11.6 Å². The maximum atomic E-state index is 13.3.